The van der Waals surface area contributed by atoms with Gasteiger partial charge in [0.15, 0.2) is 17.4 Å². The molecule has 0 saturated carbocycles. The second-order valence-corrected chi connectivity index (χ2v) is 9.60. The van der Waals surface area contributed by atoms with Crippen molar-refractivity contribution in [2.45, 2.75) is 38.6 Å². The predicted molar refractivity (Wildman–Crippen MR) is 121 cm³/mol. The van der Waals surface area contributed by atoms with Crippen LogP contribution in [0.4, 0.5) is 0 Å². The van der Waals surface area contributed by atoms with Crippen molar-refractivity contribution in [1.29, 1.82) is 0 Å². The molecule has 144 valence electrons. The summed E-state index contributed by atoms with van der Waals surface area (Å²) in [5, 5.41) is 0. The van der Waals surface area contributed by atoms with Gasteiger partial charge in [-0.1, -0.05) is 54.6 Å². The molecular formula is C29H24N+. The molecule has 7 rings (SSSR count). The van der Waals surface area contributed by atoms with E-state index in [0.717, 1.165) is 6.42 Å². The number of hydrogen-bond acceptors (Lipinski definition) is 0. The Hall–Kier alpha value is -3.19. The Morgan fingerprint density at radius 3 is 2.53 bits per heavy atom. The fourth-order valence-electron chi connectivity index (χ4n) is 6.61. The fourth-order valence-corrected chi connectivity index (χ4v) is 6.61. The molecule has 1 aliphatic heterocycles. The third-order valence-electron chi connectivity index (χ3n) is 7.72. The van der Waals surface area contributed by atoms with E-state index in [0.29, 0.717) is 5.92 Å². The highest BCUT2D eigenvalue weighted by Gasteiger charge is 2.50. The highest BCUT2D eigenvalue weighted by atomic mass is 15.1. The quantitative estimate of drug-likeness (QED) is 0.277. The number of aryl methyl sites for hydroxylation is 1. The van der Waals surface area contributed by atoms with Crippen LogP contribution in [0.5, 0.6) is 0 Å². The zero-order valence-corrected chi connectivity index (χ0v) is 17.7. The first-order valence-electron chi connectivity index (χ1n) is 11.0. The summed E-state index contributed by atoms with van der Waals surface area (Å²) in [4.78, 5) is 0. The molecule has 0 radical (unpaired) electrons. The number of rotatable bonds is 0. The molecule has 0 amide bonds. The van der Waals surface area contributed by atoms with Gasteiger partial charge in [0.2, 0.25) is 0 Å². The summed E-state index contributed by atoms with van der Waals surface area (Å²) in [6.07, 6.45) is 3.32. The highest BCUT2D eigenvalue weighted by Crippen LogP contribution is 2.57. The third kappa shape index (κ3) is 1.78. The topological polar surface area (TPSA) is 3.88 Å². The third-order valence-corrected chi connectivity index (χ3v) is 7.72. The van der Waals surface area contributed by atoms with Gasteiger partial charge in [-0.15, -0.1) is 0 Å². The van der Waals surface area contributed by atoms with Crippen LogP contribution < -0.4 is 4.57 Å². The Balaban J connectivity index is 1.65. The molecule has 0 N–H and O–H groups in total. The summed E-state index contributed by atoms with van der Waals surface area (Å²) in [5.74, 6) is 0.317. The van der Waals surface area contributed by atoms with Gasteiger partial charge in [0.05, 0.1) is 5.92 Å². The Morgan fingerprint density at radius 2 is 1.63 bits per heavy atom. The number of benzene rings is 3. The normalized spacial score (nSPS) is 18.3. The molecule has 0 fully saturated rings. The summed E-state index contributed by atoms with van der Waals surface area (Å²) in [7, 11) is 0. The predicted octanol–water partition coefficient (Wildman–Crippen LogP) is 6.11. The maximum Gasteiger partial charge on any atom is 0.194 e. The van der Waals surface area contributed by atoms with Crippen molar-refractivity contribution < 1.29 is 4.57 Å². The lowest BCUT2D eigenvalue weighted by Gasteiger charge is -2.33. The van der Waals surface area contributed by atoms with Gasteiger partial charge >= 0.3 is 0 Å². The standard InChI is InChI=1S/C29H24N/c1-17-11-13-22-25-21(14-12-19-16-18-8-4-5-9-20(18)24(19)25)26-23-10-6-7-15-30(23)29(2,3)28(17)27(22)26/h4-15,26H,16H2,1-3H3/q+1. The van der Waals surface area contributed by atoms with Crippen LogP contribution >= 0.6 is 0 Å². The van der Waals surface area contributed by atoms with Gasteiger partial charge in [-0.3, -0.25) is 0 Å². The van der Waals surface area contributed by atoms with Crippen molar-refractivity contribution in [3.8, 4) is 22.3 Å². The van der Waals surface area contributed by atoms with Crippen molar-refractivity contribution >= 4 is 0 Å². The number of pyridine rings is 1. The summed E-state index contributed by atoms with van der Waals surface area (Å²) >= 11 is 0. The summed E-state index contributed by atoms with van der Waals surface area (Å²) in [5.41, 5.74) is 16.0. The van der Waals surface area contributed by atoms with Gasteiger partial charge in [0, 0.05) is 31.5 Å². The Kier molecular flexibility index (Phi) is 2.92. The van der Waals surface area contributed by atoms with Crippen molar-refractivity contribution in [2.24, 2.45) is 0 Å². The van der Waals surface area contributed by atoms with Gasteiger partial charge in [-0.05, 0) is 63.4 Å². The van der Waals surface area contributed by atoms with Gasteiger partial charge in [0.1, 0.15) is 0 Å². The van der Waals surface area contributed by atoms with Crippen LogP contribution in [0.15, 0.2) is 72.9 Å². The van der Waals surface area contributed by atoms with E-state index in [4.69, 9.17) is 0 Å². The van der Waals surface area contributed by atoms with E-state index in [-0.39, 0.29) is 5.54 Å². The molecule has 0 bridgehead atoms. The molecule has 3 aliphatic rings. The average molecular weight is 387 g/mol. The van der Waals surface area contributed by atoms with Gasteiger partial charge in [-0.25, -0.2) is 0 Å². The van der Waals surface area contributed by atoms with E-state index < -0.39 is 0 Å². The second kappa shape index (κ2) is 5.29. The van der Waals surface area contributed by atoms with Crippen molar-refractivity contribution in [1.82, 2.24) is 0 Å². The molecule has 1 heteroatoms. The zero-order valence-electron chi connectivity index (χ0n) is 17.7. The molecule has 3 aromatic carbocycles. The molecule has 30 heavy (non-hydrogen) atoms. The molecule has 0 saturated heterocycles. The molecule has 0 spiro atoms. The SMILES string of the molecule is Cc1ccc2c3c1C(C)(C)[n+]1ccccc1C3c1ccc3c(c1-2)-c1ccccc1C3. The number of aromatic nitrogens is 1. The summed E-state index contributed by atoms with van der Waals surface area (Å²) < 4.78 is 2.51. The number of fused-ring (bicyclic) bond motifs is 9. The molecule has 1 unspecified atom stereocenters. The largest absolute Gasteiger partial charge is 0.194 e. The van der Waals surface area contributed by atoms with E-state index in [1.165, 1.54) is 55.8 Å². The van der Waals surface area contributed by atoms with Gasteiger partial charge < -0.3 is 0 Å². The van der Waals surface area contributed by atoms with E-state index >= 15 is 0 Å². The van der Waals surface area contributed by atoms with E-state index in [1.807, 2.05) is 0 Å². The monoisotopic (exact) mass is 386 g/mol. The fraction of sp³-hybridized carbons (Fsp3) is 0.207. The second-order valence-electron chi connectivity index (χ2n) is 9.60. The maximum absolute atomic E-state index is 2.51. The van der Waals surface area contributed by atoms with Gasteiger partial charge in [0.25, 0.3) is 0 Å². The van der Waals surface area contributed by atoms with E-state index in [9.17, 15) is 0 Å². The highest BCUT2D eigenvalue weighted by molar-refractivity contribution is 5.97. The lowest BCUT2D eigenvalue weighted by molar-refractivity contribution is -0.756. The van der Waals surface area contributed by atoms with Gasteiger partial charge in [-0.2, -0.15) is 4.57 Å². The van der Waals surface area contributed by atoms with E-state index in [2.05, 4.69) is 98.3 Å². The summed E-state index contributed by atoms with van der Waals surface area (Å²) in [6, 6.07) is 25.2. The summed E-state index contributed by atoms with van der Waals surface area (Å²) in [6.45, 7) is 7.03. The minimum Gasteiger partial charge on any atom is -0.192 e. The van der Waals surface area contributed by atoms with Crippen molar-refractivity contribution in [3.05, 3.63) is 112 Å². The number of hydrogen-bond donors (Lipinski definition) is 0. The van der Waals surface area contributed by atoms with Crippen LogP contribution in [0, 0.1) is 6.92 Å². The van der Waals surface area contributed by atoms with Crippen LogP contribution in [0.25, 0.3) is 22.3 Å². The Bertz CT molecular complexity index is 1410. The Morgan fingerprint density at radius 1 is 0.800 bits per heavy atom. The molecule has 1 atom stereocenters. The minimum absolute atomic E-state index is 0.0638. The first kappa shape index (κ1) is 16.6. The Labute approximate surface area is 177 Å². The van der Waals surface area contributed by atoms with Crippen LogP contribution in [0.3, 0.4) is 0 Å². The molecule has 1 nitrogen and oxygen atoms in total. The average Bonchev–Trinajstić information content (AvgIpc) is 3.28. The van der Waals surface area contributed by atoms with Crippen LogP contribution in [0.1, 0.15) is 58.8 Å². The van der Waals surface area contributed by atoms with Crippen LogP contribution in [0.2, 0.25) is 0 Å². The first-order valence-corrected chi connectivity index (χ1v) is 11.0. The minimum atomic E-state index is -0.0638. The van der Waals surface area contributed by atoms with E-state index in [1.54, 1.807) is 5.56 Å². The lowest BCUT2D eigenvalue weighted by Crippen LogP contribution is -2.59. The lowest BCUT2D eigenvalue weighted by atomic mass is 9.76. The zero-order chi connectivity index (χ0) is 20.2. The van der Waals surface area contributed by atoms with Crippen LogP contribution in [-0.4, -0.2) is 0 Å². The first-order chi connectivity index (χ1) is 14.6. The molecule has 1 aromatic heterocycles. The van der Waals surface area contributed by atoms with Crippen molar-refractivity contribution in [2.75, 3.05) is 0 Å². The maximum atomic E-state index is 2.51. The molecule has 2 aliphatic carbocycles. The number of nitrogens with zero attached hydrogens (tertiary/aromatic N) is 1. The molecule has 2 heterocycles. The molecular weight excluding hydrogens is 362 g/mol. The van der Waals surface area contributed by atoms with Crippen molar-refractivity contribution in [3.63, 3.8) is 0 Å². The van der Waals surface area contributed by atoms with Crippen LogP contribution in [-0.2, 0) is 12.0 Å². The smallest absolute Gasteiger partial charge is 0.192 e. The molecule has 4 aromatic rings.